The van der Waals surface area contributed by atoms with Gasteiger partial charge in [-0.05, 0) is 35.3 Å². The Morgan fingerprint density at radius 2 is 1.42 bits per heavy atom. The summed E-state index contributed by atoms with van der Waals surface area (Å²) in [6, 6.07) is 20.1. The summed E-state index contributed by atoms with van der Waals surface area (Å²) in [5.74, 6) is -0.754. The second kappa shape index (κ2) is 11.0. The summed E-state index contributed by atoms with van der Waals surface area (Å²) in [6.07, 6.45) is -0.387. The molecule has 0 heterocycles. The average Bonchev–Trinajstić information content (AvgIpc) is 2.74. The number of rotatable bonds is 6. The molecule has 7 heteroatoms. The molecule has 0 bridgehead atoms. The number of ether oxygens (including phenoxy) is 1. The SMILES string of the molecule is CC(C)(C)[C@H]1C[C@@H](N(Cc2ccccc2)Cc2ccccc2)[C@@H](O)[C@H](OC(=O)C(Cl)(Cl)Cl)C1. The highest BCUT2D eigenvalue weighted by molar-refractivity contribution is 6.75. The van der Waals surface area contributed by atoms with Crippen molar-refractivity contribution in [3.05, 3.63) is 71.8 Å². The van der Waals surface area contributed by atoms with Crippen molar-refractivity contribution in [3.8, 4) is 0 Å². The smallest absolute Gasteiger partial charge is 0.358 e. The number of hydrogen-bond acceptors (Lipinski definition) is 4. The van der Waals surface area contributed by atoms with Gasteiger partial charge in [0.2, 0.25) is 0 Å². The van der Waals surface area contributed by atoms with Crippen LogP contribution in [0, 0.1) is 11.3 Å². The van der Waals surface area contributed by atoms with Gasteiger partial charge in [0.1, 0.15) is 12.2 Å². The maximum atomic E-state index is 12.4. The van der Waals surface area contributed by atoms with Crippen LogP contribution in [-0.2, 0) is 22.6 Å². The van der Waals surface area contributed by atoms with Gasteiger partial charge in [-0.3, -0.25) is 4.90 Å². The normalized spacial score (nSPS) is 24.0. The second-order valence-corrected chi connectivity index (χ2v) is 12.2. The summed E-state index contributed by atoms with van der Waals surface area (Å²) in [5, 5.41) is 11.4. The number of aliphatic hydroxyl groups excluding tert-OH is 1. The zero-order valence-electron chi connectivity index (χ0n) is 19.3. The number of esters is 1. The lowest BCUT2D eigenvalue weighted by atomic mass is 9.68. The highest BCUT2D eigenvalue weighted by Gasteiger charge is 2.46. The minimum Gasteiger partial charge on any atom is -0.456 e. The highest BCUT2D eigenvalue weighted by Crippen LogP contribution is 2.42. The van der Waals surface area contributed by atoms with E-state index in [1.54, 1.807) is 0 Å². The number of alkyl halides is 3. The number of benzene rings is 2. The molecule has 4 nitrogen and oxygen atoms in total. The Hall–Kier alpha value is -1.30. The lowest BCUT2D eigenvalue weighted by Crippen LogP contribution is -2.56. The van der Waals surface area contributed by atoms with Gasteiger partial charge < -0.3 is 9.84 Å². The van der Waals surface area contributed by atoms with Gasteiger partial charge in [0.15, 0.2) is 0 Å². The van der Waals surface area contributed by atoms with Crippen LogP contribution in [0.15, 0.2) is 60.7 Å². The Morgan fingerprint density at radius 3 is 1.85 bits per heavy atom. The van der Waals surface area contributed by atoms with Gasteiger partial charge >= 0.3 is 5.97 Å². The van der Waals surface area contributed by atoms with Crippen LogP contribution < -0.4 is 0 Å². The summed E-state index contributed by atoms with van der Waals surface area (Å²) < 4.78 is 3.38. The van der Waals surface area contributed by atoms with Crippen molar-refractivity contribution in [1.29, 1.82) is 0 Å². The Bertz CT molecular complexity index is 855. The first kappa shape index (κ1) is 26.3. The first-order valence-electron chi connectivity index (χ1n) is 11.2. The topological polar surface area (TPSA) is 49.8 Å². The molecular formula is C26H32Cl3NO3. The molecule has 2 aromatic rings. The van der Waals surface area contributed by atoms with E-state index in [1.165, 1.54) is 0 Å². The molecule has 0 saturated heterocycles. The quantitative estimate of drug-likeness (QED) is 0.372. The van der Waals surface area contributed by atoms with E-state index in [4.69, 9.17) is 39.5 Å². The third kappa shape index (κ3) is 7.34. The summed E-state index contributed by atoms with van der Waals surface area (Å²) in [7, 11) is 0. The van der Waals surface area contributed by atoms with Crippen molar-refractivity contribution in [2.24, 2.45) is 11.3 Å². The second-order valence-electron chi connectivity index (χ2n) is 9.91. The molecule has 0 unspecified atom stereocenters. The van der Waals surface area contributed by atoms with Crippen molar-refractivity contribution in [2.45, 2.75) is 68.7 Å². The monoisotopic (exact) mass is 511 g/mol. The van der Waals surface area contributed by atoms with Crippen molar-refractivity contribution < 1.29 is 14.6 Å². The van der Waals surface area contributed by atoms with Crippen molar-refractivity contribution in [2.75, 3.05) is 0 Å². The zero-order chi connectivity index (χ0) is 24.2. The summed E-state index contributed by atoms with van der Waals surface area (Å²) in [5.41, 5.74) is 2.25. The third-order valence-corrected chi connectivity index (χ3v) is 6.92. The molecule has 0 radical (unpaired) electrons. The summed E-state index contributed by atoms with van der Waals surface area (Å²) in [4.78, 5) is 14.6. The number of carbonyl (C=O) groups is 1. The lowest BCUT2D eigenvalue weighted by Gasteiger charge is -2.47. The number of halogens is 3. The van der Waals surface area contributed by atoms with Crippen LogP contribution in [0.5, 0.6) is 0 Å². The van der Waals surface area contributed by atoms with Gasteiger partial charge in [0.25, 0.3) is 3.79 Å². The van der Waals surface area contributed by atoms with E-state index in [2.05, 4.69) is 49.9 Å². The van der Waals surface area contributed by atoms with E-state index in [0.717, 1.165) is 17.5 Å². The molecule has 0 aromatic heterocycles. The van der Waals surface area contributed by atoms with Gasteiger partial charge in [-0.15, -0.1) is 0 Å². The molecule has 33 heavy (non-hydrogen) atoms. The standard InChI is InChI=1S/C26H32Cl3NO3/c1-25(2,3)20-14-21(23(31)22(15-20)33-24(32)26(27,28)29)30(16-18-10-6-4-7-11-18)17-19-12-8-5-9-13-19/h4-13,20-23,31H,14-17H2,1-3H3/t20-,21+,22+,23+/m0/s1. The molecule has 0 amide bonds. The van der Waals surface area contributed by atoms with Crippen LogP contribution in [0.4, 0.5) is 0 Å². The molecule has 0 spiro atoms. The van der Waals surface area contributed by atoms with E-state index in [-0.39, 0.29) is 17.4 Å². The minimum atomic E-state index is -2.18. The largest absolute Gasteiger partial charge is 0.456 e. The van der Waals surface area contributed by atoms with E-state index in [0.29, 0.717) is 19.5 Å². The minimum absolute atomic E-state index is 0.0474. The molecule has 0 aliphatic heterocycles. The first-order valence-corrected chi connectivity index (χ1v) is 12.4. The van der Waals surface area contributed by atoms with E-state index >= 15 is 0 Å². The Labute approximate surface area is 211 Å². The van der Waals surface area contributed by atoms with Crippen LogP contribution in [0.25, 0.3) is 0 Å². The van der Waals surface area contributed by atoms with E-state index in [9.17, 15) is 9.90 Å². The molecule has 3 rings (SSSR count). The first-order chi connectivity index (χ1) is 15.4. The van der Waals surface area contributed by atoms with Crippen LogP contribution in [0.3, 0.4) is 0 Å². The van der Waals surface area contributed by atoms with Crippen LogP contribution >= 0.6 is 34.8 Å². The number of carbonyl (C=O) groups excluding carboxylic acids is 1. The molecule has 1 aliphatic rings. The van der Waals surface area contributed by atoms with Crippen molar-refractivity contribution in [3.63, 3.8) is 0 Å². The zero-order valence-corrected chi connectivity index (χ0v) is 21.5. The molecule has 1 fully saturated rings. The summed E-state index contributed by atoms with van der Waals surface area (Å²) >= 11 is 17.3. The Morgan fingerprint density at radius 1 is 0.939 bits per heavy atom. The average molecular weight is 513 g/mol. The highest BCUT2D eigenvalue weighted by atomic mass is 35.6. The molecule has 1 saturated carbocycles. The van der Waals surface area contributed by atoms with Crippen molar-refractivity contribution >= 4 is 40.8 Å². The fourth-order valence-corrected chi connectivity index (χ4v) is 4.65. The summed E-state index contributed by atoms with van der Waals surface area (Å²) in [6.45, 7) is 7.80. The van der Waals surface area contributed by atoms with Gasteiger partial charge in [0, 0.05) is 19.1 Å². The van der Waals surface area contributed by atoms with Crippen LogP contribution in [0.2, 0.25) is 0 Å². The van der Waals surface area contributed by atoms with E-state index < -0.39 is 22.0 Å². The fraction of sp³-hybridized carbons (Fsp3) is 0.500. The van der Waals surface area contributed by atoms with Crippen LogP contribution in [-0.4, -0.2) is 38.0 Å². The third-order valence-electron chi connectivity index (χ3n) is 6.46. The maximum absolute atomic E-state index is 12.4. The molecule has 180 valence electrons. The van der Waals surface area contributed by atoms with Gasteiger partial charge in [0.05, 0.1) is 0 Å². The lowest BCUT2D eigenvalue weighted by molar-refractivity contribution is -0.167. The molecule has 1 aliphatic carbocycles. The molecular weight excluding hydrogens is 481 g/mol. The molecule has 1 N–H and O–H groups in total. The van der Waals surface area contributed by atoms with Gasteiger partial charge in [-0.1, -0.05) is 116 Å². The van der Waals surface area contributed by atoms with Crippen LogP contribution in [0.1, 0.15) is 44.7 Å². The molecule has 2 aromatic carbocycles. The number of aliphatic hydroxyl groups is 1. The predicted octanol–water partition coefficient (Wildman–Crippen LogP) is 6.16. The number of hydrogen-bond donors (Lipinski definition) is 1. The maximum Gasteiger partial charge on any atom is 0.358 e. The van der Waals surface area contributed by atoms with Gasteiger partial charge in [-0.25, -0.2) is 4.79 Å². The Kier molecular flexibility index (Phi) is 8.74. The molecule has 4 atom stereocenters. The number of nitrogens with zero attached hydrogens (tertiary/aromatic N) is 1. The van der Waals surface area contributed by atoms with Gasteiger partial charge in [-0.2, -0.15) is 0 Å². The van der Waals surface area contributed by atoms with E-state index in [1.807, 2.05) is 36.4 Å². The van der Waals surface area contributed by atoms with Crippen molar-refractivity contribution in [1.82, 2.24) is 4.90 Å². The Balaban J connectivity index is 1.93. The predicted molar refractivity (Wildman–Crippen MR) is 134 cm³/mol. The fourth-order valence-electron chi connectivity index (χ4n) is 4.52.